The van der Waals surface area contributed by atoms with Crippen LogP contribution < -0.4 is 5.32 Å². The van der Waals surface area contributed by atoms with E-state index >= 15 is 0 Å². The second-order valence-corrected chi connectivity index (χ2v) is 4.84. The number of thioether (sulfide) groups is 1. The molecule has 96 valence electrons. The lowest BCUT2D eigenvalue weighted by molar-refractivity contribution is 0.218. The van der Waals surface area contributed by atoms with Crippen LogP contribution in [0.25, 0.3) is 0 Å². The maximum atomic E-state index is 5.06. The molecule has 1 N–H and O–H groups in total. The van der Waals surface area contributed by atoms with Gasteiger partial charge < -0.3 is 10.1 Å². The molecule has 0 aliphatic heterocycles. The van der Waals surface area contributed by atoms with E-state index in [1.165, 1.54) is 0 Å². The van der Waals surface area contributed by atoms with Gasteiger partial charge in [-0.05, 0) is 13.3 Å². The van der Waals surface area contributed by atoms with Crippen molar-refractivity contribution in [3.8, 4) is 0 Å². The summed E-state index contributed by atoms with van der Waals surface area (Å²) < 4.78 is 5.06. The molecule has 0 unspecified atom stereocenters. The lowest BCUT2D eigenvalue weighted by Crippen LogP contribution is -2.05. The van der Waals surface area contributed by atoms with E-state index in [-0.39, 0.29) is 0 Å². The number of aromatic nitrogens is 2. The third-order valence-electron chi connectivity index (χ3n) is 2.38. The van der Waals surface area contributed by atoms with Crippen molar-refractivity contribution in [2.75, 3.05) is 31.8 Å². The van der Waals surface area contributed by atoms with Gasteiger partial charge in [0.1, 0.15) is 16.7 Å². The average molecular weight is 255 g/mol. The first kappa shape index (κ1) is 14.3. The van der Waals surface area contributed by atoms with Gasteiger partial charge in [-0.1, -0.05) is 6.92 Å². The molecular formula is C12H21N3OS. The second-order valence-electron chi connectivity index (χ2n) is 3.76. The number of hydrogen-bond donors (Lipinski definition) is 1. The zero-order valence-electron chi connectivity index (χ0n) is 11.0. The van der Waals surface area contributed by atoms with Gasteiger partial charge in [0.25, 0.3) is 0 Å². The molecule has 0 fully saturated rings. The molecule has 0 aromatic carbocycles. The minimum absolute atomic E-state index is 0.742. The van der Waals surface area contributed by atoms with Crippen LogP contribution in [-0.4, -0.2) is 36.5 Å². The molecule has 17 heavy (non-hydrogen) atoms. The van der Waals surface area contributed by atoms with Gasteiger partial charge in [-0.2, -0.15) is 0 Å². The summed E-state index contributed by atoms with van der Waals surface area (Å²) in [5.74, 6) is 2.77. The Labute approximate surface area is 108 Å². The van der Waals surface area contributed by atoms with Crippen molar-refractivity contribution < 1.29 is 4.74 Å². The maximum Gasteiger partial charge on any atom is 0.133 e. The Morgan fingerprint density at radius 2 is 2.12 bits per heavy atom. The summed E-state index contributed by atoms with van der Waals surface area (Å²) in [6.45, 7) is 4.93. The van der Waals surface area contributed by atoms with Crippen molar-refractivity contribution in [1.82, 2.24) is 9.97 Å². The highest BCUT2D eigenvalue weighted by atomic mass is 32.2. The quantitative estimate of drug-likeness (QED) is 0.461. The Morgan fingerprint density at radius 1 is 1.35 bits per heavy atom. The van der Waals surface area contributed by atoms with E-state index in [2.05, 4.69) is 29.1 Å². The highest BCUT2D eigenvalue weighted by Crippen LogP contribution is 2.24. The first-order valence-electron chi connectivity index (χ1n) is 5.89. The van der Waals surface area contributed by atoms with Crippen LogP contribution in [0.3, 0.4) is 0 Å². The van der Waals surface area contributed by atoms with Gasteiger partial charge in [-0.25, -0.2) is 9.97 Å². The predicted molar refractivity (Wildman–Crippen MR) is 72.9 cm³/mol. The Balaban J connectivity index is 2.88. The number of nitrogens with one attached hydrogen (secondary N) is 1. The minimum atomic E-state index is 0.742. The Morgan fingerprint density at radius 3 is 2.71 bits per heavy atom. The third-order valence-corrected chi connectivity index (χ3v) is 3.43. The number of nitrogens with zero attached hydrogens (tertiary/aromatic N) is 2. The largest absolute Gasteiger partial charge is 0.384 e. The summed E-state index contributed by atoms with van der Waals surface area (Å²) in [5, 5.41) is 4.19. The number of ether oxygens (including phenoxy) is 1. The fourth-order valence-electron chi connectivity index (χ4n) is 1.48. The first-order valence-corrected chi connectivity index (χ1v) is 6.88. The molecule has 0 aliphatic rings. The van der Waals surface area contributed by atoms with Gasteiger partial charge >= 0.3 is 0 Å². The number of rotatable bonds is 7. The van der Waals surface area contributed by atoms with E-state index in [4.69, 9.17) is 4.74 Å². The summed E-state index contributed by atoms with van der Waals surface area (Å²) in [6, 6.07) is 0. The lowest BCUT2D eigenvalue weighted by Gasteiger charge is -2.11. The van der Waals surface area contributed by atoms with Crippen LogP contribution in [0.4, 0.5) is 5.82 Å². The van der Waals surface area contributed by atoms with Crippen LogP contribution in [-0.2, 0) is 11.2 Å². The summed E-state index contributed by atoms with van der Waals surface area (Å²) in [5.41, 5.74) is 1.12. The zero-order valence-corrected chi connectivity index (χ0v) is 11.9. The van der Waals surface area contributed by atoms with E-state index in [9.17, 15) is 0 Å². The van der Waals surface area contributed by atoms with Crippen LogP contribution in [0.5, 0.6) is 0 Å². The van der Waals surface area contributed by atoms with E-state index < -0.39 is 0 Å². The van der Waals surface area contributed by atoms with E-state index in [0.717, 1.165) is 47.4 Å². The van der Waals surface area contributed by atoms with Crippen LogP contribution in [0, 0.1) is 6.92 Å². The molecule has 1 aromatic heterocycles. The molecule has 5 heteroatoms. The van der Waals surface area contributed by atoms with Crippen LogP contribution in [0.15, 0.2) is 5.03 Å². The fraction of sp³-hybridized carbons (Fsp3) is 0.667. The third kappa shape index (κ3) is 4.16. The van der Waals surface area contributed by atoms with Crippen molar-refractivity contribution in [3.05, 3.63) is 11.4 Å². The standard InChI is InChI=1S/C12H21N3OS/c1-5-6-10-14-11(13-3)9(2)12(15-10)17-8-7-16-4/h5-8H2,1-4H3,(H,13,14,15). The molecule has 0 bridgehead atoms. The highest BCUT2D eigenvalue weighted by Gasteiger charge is 2.09. The highest BCUT2D eigenvalue weighted by molar-refractivity contribution is 7.99. The summed E-state index contributed by atoms with van der Waals surface area (Å²) in [6.07, 6.45) is 1.99. The molecule has 1 heterocycles. The lowest BCUT2D eigenvalue weighted by atomic mass is 10.3. The average Bonchev–Trinajstić information content (AvgIpc) is 2.33. The SMILES string of the molecule is CCCc1nc(NC)c(C)c(SCCOC)n1. The van der Waals surface area contributed by atoms with Crippen molar-refractivity contribution in [2.45, 2.75) is 31.7 Å². The Bertz CT molecular complexity index is 358. The van der Waals surface area contributed by atoms with Crippen molar-refractivity contribution in [1.29, 1.82) is 0 Å². The molecule has 0 spiro atoms. The number of anilines is 1. The maximum absolute atomic E-state index is 5.06. The van der Waals surface area contributed by atoms with Crippen molar-refractivity contribution in [2.24, 2.45) is 0 Å². The number of methoxy groups -OCH3 is 1. The predicted octanol–water partition coefficient (Wildman–Crippen LogP) is 2.52. The van der Waals surface area contributed by atoms with Gasteiger partial charge in [-0.3, -0.25) is 0 Å². The van der Waals surface area contributed by atoms with Gasteiger partial charge in [0.05, 0.1) is 6.61 Å². The molecule has 0 atom stereocenters. The van der Waals surface area contributed by atoms with E-state index in [1.807, 2.05) is 7.05 Å². The molecule has 4 nitrogen and oxygen atoms in total. The molecule has 0 radical (unpaired) electrons. The molecule has 0 amide bonds. The summed E-state index contributed by atoms with van der Waals surface area (Å²) in [7, 11) is 3.61. The summed E-state index contributed by atoms with van der Waals surface area (Å²) >= 11 is 1.73. The van der Waals surface area contributed by atoms with Crippen LogP contribution in [0.2, 0.25) is 0 Å². The van der Waals surface area contributed by atoms with E-state index in [0.29, 0.717) is 0 Å². The number of hydrogen-bond acceptors (Lipinski definition) is 5. The molecule has 0 saturated heterocycles. The Kier molecular flexibility index (Phi) is 6.29. The van der Waals surface area contributed by atoms with E-state index in [1.54, 1.807) is 18.9 Å². The fourth-order valence-corrected chi connectivity index (χ4v) is 2.41. The zero-order chi connectivity index (χ0) is 12.7. The topological polar surface area (TPSA) is 47.0 Å². The van der Waals surface area contributed by atoms with Crippen LogP contribution >= 0.6 is 11.8 Å². The first-order chi connectivity index (χ1) is 8.22. The molecule has 1 rings (SSSR count). The van der Waals surface area contributed by atoms with Crippen molar-refractivity contribution in [3.63, 3.8) is 0 Å². The Hall–Kier alpha value is -0.810. The normalized spacial score (nSPS) is 10.6. The molecule has 0 saturated carbocycles. The smallest absolute Gasteiger partial charge is 0.133 e. The molecular weight excluding hydrogens is 234 g/mol. The second kappa shape index (κ2) is 7.50. The monoisotopic (exact) mass is 255 g/mol. The van der Waals surface area contributed by atoms with Gasteiger partial charge in [0.2, 0.25) is 0 Å². The molecule has 1 aromatic rings. The number of aryl methyl sites for hydroxylation is 1. The molecule has 0 aliphatic carbocycles. The van der Waals surface area contributed by atoms with Gasteiger partial charge in [0, 0.05) is 31.9 Å². The van der Waals surface area contributed by atoms with Crippen LogP contribution in [0.1, 0.15) is 24.7 Å². The minimum Gasteiger partial charge on any atom is -0.384 e. The van der Waals surface area contributed by atoms with Gasteiger partial charge in [0.15, 0.2) is 0 Å². The van der Waals surface area contributed by atoms with Gasteiger partial charge in [-0.15, -0.1) is 11.8 Å². The van der Waals surface area contributed by atoms with Crippen molar-refractivity contribution >= 4 is 17.6 Å². The summed E-state index contributed by atoms with van der Waals surface area (Å²) in [4.78, 5) is 9.10.